The van der Waals surface area contributed by atoms with E-state index in [1.54, 1.807) is 0 Å². The third kappa shape index (κ3) is 11.2. The van der Waals surface area contributed by atoms with Crippen LogP contribution in [0.4, 0.5) is 0 Å². The molecular formula is C62H88Cl2Hf2O4Si4-2. The fraction of sp³-hybridized carbons (Fsp3) is 0.452. The summed E-state index contributed by atoms with van der Waals surface area (Å²) in [7, 11) is -5.86. The summed E-state index contributed by atoms with van der Waals surface area (Å²) in [6.07, 6.45) is 9.74. The van der Waals surface area contributed by atoms with Crippen LogP contribution in [0.2, 0.25) is 52.4 Å². The summed E-state index contributed by atoms with van der Waals surface area (Å²) in [4.78, 5) is 0. The van der Waals surface area contributed by atoms with Crippen molar-refractivity contribution in [2.24, 2.45) is 21.7 Å². The number of rotatable bonds is 12. The van der Waals surface area contributed by atoms with Crippen molar-refractivity contribution in [3.63, 3.8) is 0 Å². The van der Waals surface area contributed by atoms with Crippen molar-refractivity contribution in [2.75, 3.05) is 0 Å². The maximum Gasteiger partial charge on any atom is -1.00 e. The van der Waals surface area contributed by atoms with Crippen molar-refractivity contribution < 1.29 is 84.4 Å². The second-order valence-electron chi connectivity index (χ2n) is 25.9. The van der Waals surface area contributed by atoms with Crippen molar-refractivity contribution in [3.8, 4) is 0 Å². The standard InChI is InChI=1S/4C15H21OSi.2CH2.2ClH.2Hf/c4*1-15(2,3)13-10-11-8-6-7-9-12(11)14(13)16-17(4)5;;;;;;/h4*6-10,17H,1-5H3;2*1H2;2*1H;;/p-2. The number of benzene rings is 4. The van der Waals surface area contributed by atoms with Crippen molar-refractivity contribution in [1.29, 1.82) is 0 Å². The van der Waals surface area contributed by atoms with E-state index < -0.39 is 91.5 Å². The Morgan fingerprint density at radius 1 is 0.324 bits per heavy atom. The minimum atomic E-state index is -3.33. The molecule has 12 heteroatoms. The number of hydrogen-bond acceptors (Lipinski definition) is 4. The van der Waals surface area contributed by atoms with Crippen LogP contribution >= 0.6 is 0 Å². The molecule has 4 aromatic carbocycles. The summed E-state index contributed by atoms with van der Waals surface area (Å²) in [6, 6.07) is 35.7. The normalized spacial score (nSPS) is 22.9. The van der Waals surface area contributed by atoms with Crippen LogP contribution in [0, 0.1) is 21.7 Å². The Kier molecular flexibility index (Phi) is 19.7. The Bertz CT molecular complexity index is 2510. The van der Waals surface area contributed by atoms with Crippen LogP contribution in [0.15, 0.2) is 119 Å². The van der Waals surface area contributed by atoms with E-state index in [0.29, 0.717) is 0 Å². The molecule has 0 N–H and O–H groups in total. The molecule has 0 amide bonds. The monoisotopic (exact) mass is 1440 g/mol. The van der Waals surface area contributed by atoms with Crippen LogP contribution in [0.3, 0.4) is 0 Å². The van der Waals surface area contributed by atoms with E-state index in [1.165, 1.54) is 66.8 Å². The molecule has 0 spiro atoms. The fourth-order valence-electron chi connectivity index (χ4n) is 12.4. The van der Waals surface area contributed by atoms with Crippen LogP contribution in [0.5, 0.6) is 0 Å². The van der Waals surface area contributed by atoms with E-state index in [9.17, 15) is 0 Å². The zero-order valence-electron chi connectivity index (χ0n) is 48.7. The first-order valence-corrected chi connectivity index (χ1v) is 50.1. The molecule has 74 heavy (non-hydrogen) atoms. The Morgan fingerprint density at radius 3 is 0.635 bits per heavy atom. The molecule has 0 saturated carbocycles. The number of halogens is 2. The second kappa shape index (κ2) is 23.0. The van der Waals surface area contributed by atoms with Gasteiger partial charge in [0.05, 0.1) is 0 Å². The van der Waals surface area contributed by atoms with Crippen LogP contribution in [-0.2, 0) is 73.0 Å². The molecule has 4 atom stereocenters. The van der Waals surface area contributed by atoms with Crippen molar-refractivity contribution in [1.82, 2.24) is 0 Å². The molecule has 0 aliphatic heterocycles. The molecule has 400 valence electrons. The van der Waals surface area contributed by atoms with Crippen LogP contribution in [-0.4, -0.2) is 44.7 Å². The van der Waals surface area contributed by atoms with Gasteiger partial charge in [0, 0.05) is 0 Å². The van der Waals surface area contributed by atoms with Crippen LogP contribution < -0.4 is 24.8 Å². The van der Waals surface area contributed by atoms with Gasteiger partial charge in [0.25, 0.3) is 0 Å². The third-order valence-corrected chi connectivity index (χ3v) is 43.0. The first-order chi connectivity index (χ1) is 33.3. The summed E-state index contributed by atoms with van der Waals surface area (Å²) in [5.41, 5.74) is 16.0. The first kappa shape index (κ1) is 63.4. The van der Waals surface area contributed by atoms with Gasteiger partial charge >= 0.3 is 463 Å². The predicted molar refractivity (Wildman–Crippen MR) is 316 cm³/mol. The molecule has 4 aliphatic carbocycles. The van der Waals surface area contributed by atoms with Gasteiger partial charge in [-0.3, -0.25) is 0 Å². The van der Waals surface area contributed by atoms with Crippen LogP contribution in [0.25, 0.3) is 24.3 Å². The predicted octanol–water partition coefficient (Wildman–Crippen LogP) is 9.27. The van der Waals surface area contributed by atoms with Gasteiger partial charge in [0.1, 0.15) is 0 Å². The fourth-order valence-corrected chi connectivity index (χ4v) is 55.7. The zero-order chi connectivity index (χ0) is 53.4. The van der Waals surface area contributed by atoms with Gasteiger partial charge < -0.3 is 24.8 Å². The van der Waals surface area contributed by atoms with E-state index in [4.69, 9.17) is 26.2 Å². The van der Waals surface area contributed by atoms with E-state index in [0.717, 1.165) is 0 Å². The summed E-state index contributed by atoms with van der Waals surface area (Å²) >= 11 is -6.65. The largest absolute Gasteiger partial charge is 1.00 e. The minimum Gasteiger partial charge on any atom is -1.00 e. The molecule has 0 fully saturated rings. The van der Waals surface area contributed by atoms with Gasteiger partial charge in [-0.15, -0.1) is 0 Å². The zero-order valence-corrected chi connectivity index (χ0v) is 62.0. The maximum atomic E-state index is 7.43. The Balaban J connectivity index is 0.000000267. The van der Waals surface area contributed by atoms with E-state index >= 15 is 0 Å². The molecule has 4 aliphatic rings. The van der Waals surface area contributed by atoms with Gasteiger partial charge in [-0.1, -0.05) is 0 Å². The number of fused-ring (bicyclic) bond motifs is 4. The van der Waals surface area contributed by atoms with Gasteiger partial charge in [-0.25, -0.2) is 0 Å². The van der Waals surface area contributed by atoms with Crippen molar-refractivity contribution >= 4 is 69.0 Å². The second-order valence-corrected chi connectivity index (χ2v) is 52.3. The Labute approximate surface area is 483 Å². The molecule has 0 heterocycles. The van der Waals surface area contributed by atoms with Crippen LogP contribution in [0.1, 0.15) is 128 Å². The Hall–Kier alpha value is -1.39. The third-order valence-electron chi connectivity index (χ3n) is 14.7. The SMILES string of the molecule is [CH2]=[Hf]([C]1(O[SiH](C)C)C(C(C)(C)C)=Cc2ccccc21)[C]1(O[SiH](C)C)C(C(C)(C)C)=Cc2ccccc21.[CH2]=[Hf]([C]1(O[SiH](C)C)C(C(C)(C)C)=Cc2ccccc21)[C]1(O[SiH](C)C)C(C(C)(C)C)=Cc2ccccc21.[Cl-].[Cl-]. The van der Waals surface area contributed by atoms with Gasteiger partial charge in [0.15, 0.2) is 0 Å². The smallest absolute Gasteiger partial charge is 1.00 e. The quantitative estimate of drug-likeness (QED) is 0.133. The maximum absolute atomic E-state index is 7.43. The van der Waals surface area contributed by atoms with E-state index in [-0.39, 0.29) is 46.5 Å². The minimum absolute atomic E-state index is 0. The molecule has 8 rings (SSSR count). The molecule has 4 nitrogen and oxygen atoms in total. The summed E-state index contributed by atoms with van der Waals surface area (Å²) in [5.74, 6) is 0. The van der Waals surface area contributed by atoms with Crippen molar-refractivity contribution in [2.45, 2.75) is 149 Å². The molecule has 0 radical (unpaired) electrons. The molecule has 4 aromatic rings. The first-order valence-electron chi connectivity index (χ1n) is 26.7. The average molecular weight is 1440 g/mol. The van der Waals surface area contributed by atoms with Gasteiger partial charge in [0.2, 0.25) is 0 Å². The summed E-state index contributed by atoms with van der Waals surface area (Å²) in [6.45, 7) is 46.7. The summed E-state index contributed by atoms with van der Waals surface area (Å²) < 4.78 is 38.5. The van der Waals surface area contributed by atoms with E-state index in [2.05, 4.69) is 257 Å². The molecular weight excluding hydrogens is 1350 g/mol. The topological polar surface area (TPSA) is 36.9 Å². The average Bonchev–Trinajstić information content (AvgIpc) is 4.00. The summed E-state index contributed by atoms with van der Waals surface area (Å²) in [5, 5.41) is 0. The van der Waals surface area contributed by atoms with Gasteiger partial charge in [-0.2, -0.15) is 0 Å². The molecule has 0 bridgehead atoms. The number of hydrogen-bond donors (Lipinski definition) is 0. The molecule has 4 unspecified atom stereocenters. The molecule has 0 saturated heterocycles. The Morgan fingerprint density at radius 2 is 0.486 bits per heavy atom. The van der Waals surface area contributed by atoms with Gasteiger partial charge in [-0.05, 0) is 0 Å². The van der Waals surface area contributed by atoms with Crippen molar-refractivity contribution in [3.05, 3.63) is 164 Å². The molecule has 0 aromatic heterocycles. The van der Waals surface area contributed by atoms with E-state index in [1.807, 2.05) is 0 Å².